The Bertz CT molecular complexity index is 3450. The fourth-order valence-corrected chi connectivity index (χ4v) is 11.5. The third-order valence-electron chi connectivity index (χ3n) is 13.0. The Hall–Kier alpha value is -7.46. The summed E-state index contributed by atoms with van der Waals surface area (Å²) < 4.78 is 3.83. The number of hydrogen-bond donors (Lipinski definition) is 0. The molecule has 9 aromatic carbocycles. The van der Waals surface area contributed by atoms with E-state index in [0.29, 0.717) is 0 Å². The molecule has 0 fully saturated rings. The van der Waals surface area contributed by atoms with Crippen molar-refractivity contribution in [2.45, 2.75) is 5.41 Å². The van der Waals surface area contributed by atoms with E-state index in [0.717, 1.165) is 17.1 Å². The lowest BCUT2D eigenvalue weighted by molar-refractivity contribution is 0.748. The predicted octanol–water partition coefficient (Wildman–Crippen LogP) is 15.5. The van der Waals surface area contributed by atoms with E-state index in [9.17, 15) is 0 Å². The highest BCUT2D eigenvalue weighted by Gasteiger charge is 2.50. The third kappa shape index (κ3) is 4.64. The first-order valence-corrected chi connectivity index (χ1v) is 21.5. The van der Waals surface area contributed by atoms with E-state index in [1.165, 1.54) is 92.5 Å². The summed E-state index contributed by atoms with van der Waals surface area (Å²) in [6.45, 7) is 0. The second kappa shape index (κ2) is 12.8. The summed E-state index contributed by atoms with van der Waals surface area (Å²) >= 11 is 1.85. The maximum absolute atomic E-state index is 2.51. The highest BCUT2D eigenvalue weighted by Crippen LogP contribution is 2.61. The van der Waals surface area contributed by atoms with Gasteiger partial charge in [0.15, 0.2) is 0 Å². The smallest absolute Gasteiger partial charge is 0.0754 e. The lowest BCUT2D eigenvalue weighted by Gasteiger charge is -2.39. The monoisotopic (exact) mass is 780 g/mol. The lowest BCUT2D eigenvalue weighted by Crippen LogP contribution is -2.33. The SMILES string of the molecule is c1ccc(N(c2ccc(-c3ccc4c(c3)-c3ccccc3C43c4ccccc4-n4c5ccccc5c5cccc3c54)cc2)c2ccc(-c3cc4ccccc4s3)cc2)cc1. The van der Waals surface area contributed by atoms with Gasteiger partial charge in [0.05, 0.1) is 22.1 Å². The first-order chi connectivity index (χ1) is 29.8. The van der Waals surface area contributed by atoms with Crippen LogP contribution in [0.5, 0.6) is 0 Å². The van der Waals surface area contributed by atoms with Gasteiger partial charge in [0.1, 0.15) is 0 Å². The Labute approximate surface area is 352 Å². The summed E-state index contributed by atoms with van der Waals surface area (Å²) in [5.74, 6) is 0. The standard InChI is InChI=1S/C57H36N2S/c1-2-14-41(15-3-1)58(43-32-27-38(28-33-43)55-36-40-13-4-11-24-54(40)60-55)42-30-25-37(26-31-42)39-29-34-49-47(35-39)44-16-5-7-19-48(44)57(49)50-20-8-10-23-53(50)59-52-22-9-6-17-45(52)46-18-12-21-51(57)56(46)59/h1-36H. The molecule has 0 radical (unpaired) electrons. The van der Waals surface area contributed by atoms with Crippen molar-refractivity contribution in [2.75, 3.05) is 4.90 Å². The molecular formula is C57H36N2S. The van der Waals surface area contributed by atoms with E-state index >= 15 is 0 Å². The number of benzene rings is 9. The maximum atomic E-state index is 2.51. The number of anilines is 3. The van der Waals surface area contributed by atoms with Gasteiger partial charge in [-0.25, -0.2) is 0 Å². The Morgan fingerprint density at radius 1 is 0.400 bits per heavy atom. The van der Waals surface area contributed by atoms with Crippen LogP contribution in [-0.4, -0.2) is 4.57 Å². The van der Waals surface area contributed by atoms with Crippen LogP contribution in [0, 0.1) is 0 Å². The van der Waals surface area contributed by atoms with E-state index in [2.05, 4.69) is 228 Å². The minimum absolute atomic E-state index is 0.447. The quantitative estimate of drug-likeness (QED) is 0.169. The number of thiophene rings is 1. The lowest BCUT2D eigenvalue weighted by atomic mass is 9.65. The van der Waals surface area contributed by atoms with Crippen molar-refractivity contribution in [1.82, 2.24) is 4.57 Å². The van der Waals surface area contributed by atoms with Crippen molar-refractivity contribution in [3.05, 3.63) is 241 Å². The highest BCUT2D eigenvalue weighted by molar-refractivity contribution is 7.22. The minimum Gasteiger partial charge on any atom is -0.311 e. The zero-order valence-electron chi connectivity index (χ0n) is 32.6. The van der Waals surface area contributed by atoms with E-state index in [4.69, 9.17) is 0 Å². The molecule has 2 nitrogen and oxygen atoms in total. The molecule has 2 aromatic heterocycles. The average Bonchev–Trinajstić information content (AvgIpc) is 3.99. The van der Waals surface area contributed by atoms with Gasteiger partial charge in [-0.3, -0.25) is 0 Å². The minimum atomic E-state index is -0.447. The van der Waals surface area contributed by atoms with Crippen molar-refractivity contribution in [2.24, 2.45) is 0 Å². The van der Waals surface area contributed by atoms with Gasteiger partial charge in [0.2, 0.25) is 0 Å². The van der Waals surface area contributed by atoms with Gasteiger partial charge >= 0.3 is 0 Å². The number of hydrogen-bond acceptors (Lipinski definition) is 2. The van der Waals surface area contributed by atoms with Crippen molar-refractivity contribution in [3.8, 4) is 38.4 Å². The summed E-state index contributed by atoms with van der Waals surface area (Å²) in [7, 11) is 0. The Morgan fingerprint density at radius 3 is 1.85 bits per heavy atom. The Kier molecular flexibility index (Phi) is 7.13. The van der Waals surface area contributed by atoms with E-state index in [-0.39, 0.29) is 0 Å². The Balaban J connectivity index is 0.925. The van der Waals surface area contributed by atoms with Gasteiger partial charge < -0.3 is 9.47 Å². The van der Waals surface area contributed by atoms with Crippen LogP contribution >= 0.6 is 11.3 Å². The fourth-order valence-electron chi connectivity index (χ4n) is 10.5. The van der Waals surface area contributed by atoms with Crippen LogP contribution in [-0.2, 0) is 5.41 Å². The van der Waals surface area contributed by atoms with Gasteiger partial charge in [0, 0.05) is 37.4 Å². The van der Waals surface area contributed by atoms with E-state index < -0.39 is 5.41 Å². The molecule has 1 aliphatic carbocycles. The molecule has 280 valence electrons. The van der Waals surface area contributed by atoms with Crippen LogP contribution in [0.3, 0.4) is 0 Å². The van der Waals surface area contributed by atoms with Crippen molar-refractivity contribution in [1.29, 1.82) is 0 Å². The number of fused-ring (bicyclic) bond motifs is 13. The first-order valence-electron chi connectivity index (χ1n) is 20.7. The maximum Gasteiger partial charge on any atom is 0.0754 e. The molecule has 1 aliphatic heterocycles. The van der Waals surface area contributed by atoms with Gasteiger partial charge in [-0.15, -0.1) is 11.3 Å². The molecule has 0 bridgehead atoms. The molecule has 11 aromatic rings. The van der Waals surface area contributed by atoms with Crippen LogP contribution in [0.1, 0.15) is 22.3 Å². The molecule has 0 N–H and O–H groups in total. The fraction of sp³-hybridized carbons (Fsp3) is 0.0175. The molecule has 3 heterocycles. The van der Waals surface area contributed by atoms with Gasteiger partial charge in [-0.1, -0.05) is 152 Å². The number of aromatic nitrogens is 1. The molecule has 1 atom stereocenters. The average molecular weight is 781 g/mol. The van der Waals surface area contributed by atoms with Crippen LogP contribution in [0.2, 0.25) is 0 Å². The molecule has 0 amide bonds. The first kappa shape index (κ1) is 33.5. The van der Waals surface area contributed by atoms with Crippen LogP contribution < -0.4 is 4.90 Å². The molecular weight excluding hydrogens is 745 g/mol. The van der Waals surface area contributed by atoms with Crippen molar-refractivity contribution in [3.63, 3.8) is 0 Å². The van der Waals surface area contributed by atoms with Crippen LogP contribution in [0.15, 0.2) is 218 Å². The Morgan fingerprint density at radius 2 is 1.02 bits per heavy atom. The summed E-state index contributed by atoms with van der Waals surface area (Å²) in [4.78, 5) is 3.64. The van der Waals surface area contributed by atoms with Gasteiger partial charge in [-0.05, 0) is 122 Å². The van der Waals surface area contributed by atoms with Gasteiger partial charge in [-0.2, -0.15) is 0 Å². The zero-order valence-corrected chi connectivity index (χ0v) is 33.4. The van der Waals surface area contributed by atoms with Crippen molar-refractivity contribution < 1.29 is 0 Å². The molecule has 3 heteroatoms. The molecule has 2 aliphatic rings. The second-order valence-electron chi connectivity index (χ2n) is 16.0. The van der Waals surface area contributed by atoms with Gasteiger partial charge in [0.25, 0.3) is 0 Å². The summed E-state index contributed by atoms with van der Waals surface area (Å²) in [5.41, 5.74) is 18.3. The third-order valence-corrected chi connectivity index (χ3v) is 14.2. The van der Waals surface area contributed by atoms with Crippen LogP contribution in [0.4, 0.5) is 17.1 Å². The molecule has 60 heavy (non-hydrogen) atoms. The number of rotatable bonds is 5. The van der Waals surface area contributed by atoms with E-state index in [1.54, 1.807) is 0 Å². The molecule has 1 unspecified atom stereocenters. The largest absolute Gasteiger partial charge is 0.311 e. The molecule has 0 saturated carbocycles. The van der Waals surface area contributed by atoms with E-state index in [1.807, 2.05) is 11.3 Å². The number of nitrogens with zero attached hydrogens (tertiary/aromatic N) is 2. The van der Waals surface area contributed by atoms with Crippen LogP contribution in [0.25, 0.3) is 70.3 Å². The molecule has 0 saturated heterocycles. The predicted molar refractivity (Wildman–Crippen MR) is 253 cm³/mol. The topological polar surface area (TPSA) is 8.17 Å². The number of para-hydroxylation sites is 4. The molecule has 1 spiro atoms. The summed E-state index contributed by atoms with van der Waals surface area (Å²) in [6.07, 6.45) is 0. The normalized spacial score (nSPS) is 14.7. The van der Waals surface area contributed by atoms with Crippen molar-refractivity contribution >= 4 is 60.3 Å². The second-order valence-corrected chi connectivity index (χ2v) is 17.1. The molecule has 13 rings (SSSR count). The summed E-state index contributed by atoms with van der Waals surface area (Å²) in [6, 6.07) is 80.9. The summed E-state index contributed by atoms with van der Waals surface area (Å²) in [5, 5.41) is 3.89. The highest BCUT2D eigenvalue weighted by atomic mass is 32.1. The zero-order chi connectivity index (χ0) is 39.4.